The zero-order valence-corrected chi connectivity index (χ0v) is 15.5. The van der Waals surface area contributed by atoms with Crippen LogP contribution in [0.25, 0.3) is 0 Å². The van der Waals surface area contributed by atoms with Gasteiger partial charge in [0, 0.05) is 37.3 Å². The molecule has 0 saturated heterocycles. The van der Waals surface area contributed by atoms with E-state index in [1.54, 1.807) is 0 Å². The van der Waals surface area contributed by atoms with Crippen molar-refractivity contribution in [1.82, 2.24) is 8.61 Å². The lowest BCUT2D eigenvalue weighted by Crippen LogP contribution is -2.33. The molecule has 23 heavy (non-hydrogen) atoms. The molecule has 3 heteroatoms. The van der Waals surface area contributed by atoms with Crippen LogP contribution in [0.5, 0.6) is 0 Å². The first-order valence-electron chi connectivity index (χ1n) is 8.35. The Bertz CT molecular complexity index is 503. The maximum absolute atomic E-state index is 2.46. The van der Waals surface area contributed by atoms with Crippen LogP contribution in [0, 0.1) is 0 Å². The second-order valence-electron chi connectivity index (χ2n) is 6.39. The molecule has 0 aromatic heterocycles. The Labute approximate surface area is 145 Å². The summed E-state index contributed by atoms with van der Waals surface area (Å²) in [5.74, 6) is 0. The predicted octanol–water partition coefficient (Wildman–Crippen LogP) is 5.37. The van der Waals surface area contributed by atoms with Gasteiger partial charge in [0.05, 0.1) is 0 Å². The smallest absolute Gasteiger partial charge is 0.0355 e. The highest BCUT2D eigenvalue weighted by Gasteiger charge is 2.19. The van der Waals surface area contributed by atoms with Crippen LogP contribution in [0.1, 0.15) is 38.8 Å². The molecule has 2 aromatic rings. The minimum atomic E-state index is 0.484. The molecule has 0 radical (unpaired) electrons. The average molecular weight is 329 g/mol. The minimum Gasteiger partial charge on any atom is -0.230 e. The van der Waals surface area contributed by atoms with E-state index in [2.05, 4.69) is 97.0 Å². The molecule has 2 nitrogen and oxygen atoms in total. The summed E-state index contributed by atoms with van der Waals surface area (Å²) in [6.45, 7) is 11.0. The summed E-state index contributed by atoms with van der Waals surface area (Å²) >= 11 is 1.86. The van der Waals surface area contributed by atoms with Crippen molar-refractivity contribution in [2.75, 3.05) is 0 Å². The first-order chi connectivity index (χ1) is 11.1. The molecule has 0 fully saturated rings. The van der Waals surface area contributed by atoms with Crippen molar-refractivity contribution in [3.05, 3.63) is 71.8 Å². The minimum absolute atomic E-state index is 0.484. The zero-order chi connectivity index (χ0) is 16.7. The van der Waals surface area contributed by atoms with E-state index < -0.39 is 0 Å². The summed E-state index contributed by atoms with van der Waals surface area (Å²) < 4.78 is 4.91. The van der Waals surface area contributed by atoms with E-state index in [0.29, 0.717) is 12.1 Å². The van der Waals surface area contributed by atoms with Gasteiger partial charge < -0.3 is 0 Å². The van der Waals surface area contributed by atoms with Crippen LogP contribution >= 0.6 is 12.1 Å². The Morgan fingerprint density at radius 2 is 1.00 bits per heavy atom. The molecule has 0 aliphatic heterocycles. The number of benzene rings is 2. The largest absolute Gasteiger partial charge is 0.230 e. The quantitative estimate of drug-likeness (QED) is 0.601. The van der Waals surface area contributed by atoms with Crippen LogP contribution in [-0.4, -0.2) is 20.7 Å². The lowest BCUT2D eigenvalue weighted by Gasteiger charge is -2.33. The molecule has 0 spiro atoms. The Morgan fingerprint density at radius 1 is 0.652 bits per heavy atom. The third-order valence-corrected chi connectivity index (χ3v) is 5.25. The van der Waals surface area contributed by atoms with Crippen LogP contribution in [0.3, 0.4) is 0 Å². The lowest BCUT2D eigenvalue weighted by molar-refractivity contribution is 0.330. The Hall–Kier alpha value is -1.29. The van der Waals surface area contributed by atoms with E-state index >= 15 is 0 Å². The van der Waals surface area contributed by atoms with E-state index in [1.807, 2.05) is 12.1 Å². The molecule has 0 aliphatic carbocycles. The van der Waals surface area contributed by atoms with Crippen molar-refractivity contribution in [3.8, 4) is 0 Å². The molecule has 0 atom stereocenters. The van der Waals surface area contributed by atoms with Gasteiger partial charge in [-0.05, 0) is 38.8 Å². The molecular weight excluding hydrogens is 300 g/mol. The summed E-state index contributed by atoms with van der Waals surface area (Å²) in [5, 5.41) is 0. The highest BCUT2D eigenvalue weighted by Crippen LogP contribution is 2.26. The lowest BCUT2D eigenvalue weighted by atomic mass is 10.2. The maximum atomic E-state index is 2.46. The van der Waals surface area contributed by atoms with Crippen LogP contribution < -0.4 is 0 Å². The van der Waals surface area contributed by atoms with Gasteiger partial charge in [-0.3, -0.25) is 0 Å². The molecule has 0 N–H and O–H groups in total. The van der Waals surface area contributed by atoms with Crippen LogP contribution in [0.15, 0.2) is 60.7 Å². The normalized spacial score (nSPS) is 11.8. The number of nitrogens with zero attached hydrogens (tertiary/aromatic N) is 2. The van der Waals surface area contributed by atoms with E-state index in [4.69, 9.17) is 0 Å². The maximum Gasteiger partial charge on any atom is 0.0355 e. The highest BCUT2D eigenvalue weighted by molar-refractivity contribution is 7.94. The standard InChI is InChI=1S/C20H28N2S/c1-17(2)21(15-19-11-7-5-8-12-19)23-22(18(3)4)16-20-13-9-6-10-14-20/h5-14,17-18H,15-16H2,1-4H3. The molecule has 0 unspecified atom stereocenters. The van der Waals surface area contributed by atoms with Crippen molar-refractivity contribution in [3.63, 3.8) is 0 Å². The van der Waals surface area contributed by atoms with Crippen molar-refractivity contribution in [1.29, 1.82) is 0 Å². The van der Waals surface area contributed by atoms with Gasteiger partial charge in [0.25, 0.3) is 0 Å². The van der Waals surface area contributed by atoms with E-state index in [-0.39, 0.29) is 0 Å². The van der Waals surface area contributed by atoms with Crippen LogP contribution in [0.4, 0.5) is 0 Å². The SMILES string of the molecule is CC(C)N(Cc1ccccc1)SN(Cc1ccccc1)C(C)C. The molecule has 0 bridgehead atoms. The molecular formula is C20H28N2S. The number of rotatable bonds is 8. The van der Waals surface area contributed by atoms with E-state index in [9.17, 15) is 0 Å². The zero-order valence-electron chi connectivity index (χ0n) is 14.6. The van der Waals surface area contributed by atoms with Gasteiger partial charge in [0.1, 0.15) is 0 Å². The summed E-state index contributed by atoms with van der Waals surface area (Å²) in [4.78, 5) is 0. The van der Waals surface area contributed by atoms with Gasteiger partial charge in [-0.25, -0.2) is 8.61 Å². The number of hydrogen-bond donors (Lipinski definition) is 0. The first kappa shape index (κ1) is 18.1. The Balaban J connectivity index is 2.05. The molecule has 0 amide bonds. The van der Waals surface area contributed by atoms with Gasteiger partial charge in [0.2, 0.25) is 0 Å². The Morgan fingerprint density at radius 3 is 1.30 bits per heavy atom. The topological polar surface area (TPSA) is 6.48 Å². The molecule has 2 rings (SSSR count). The monoisotopic (exact) mass is 328 g/mol. The molecule has 124 valence electrons. The summed E-state index contributed by atoms with van der Waals surface area (Å²) in [6, 6.07) is 22.4. The van der Waals surface area contributed by atoms with Gasteiger partial charge in [-0.2, -0.15) is 0 Å². The fraction of sp³-hybridized carbons (Fsp3) is 0.400. The third-order valence-electron chi connectivity index (χ3n) is 3.72. The molecule has 0 heterocycles. The van der Waals surface area contributed by atoms with E-state index in [0.717, 1.165) is 13.1 Å². The van der Waals surface area contributed by atoms with Crippen molar-refractivity contribution >= 4 is 12.1 Å². The third kappa shape index (κ3) is 6.02. The van der Waals surface area contributed by atoms with Crippen LogP contribution in [-0.2, 0) is 13.1 Å². The van der Waals surface area contributed by atoms with Crippen molar-refractivity contribution in [2.24, 2.45) is 0 Å². The van der Waals surface area contributed by atoms with Crippen molar-refractivity contribution in [2.45, 2.75) is 52.9 Å². The van der Waals surface area contributed by atoms with Gasteiger partial charge in [0.15, 0.2) is 0 Å². The van der Waals surface area contributed by atoms with Crippen LogP contribution in [0.2, 0.25) is 0 Å². The predicted molar refractivity (Wildman–Crippen MR) is 102 cm³/mol. The molecule has 0 aliphatic rings. The fourth-order valence-corrected chi connectivity index (χ4v) is 3.33. The first-order valence-corrected chi connectivity index (χ1v) is 9.08. The summed E-state index contributed by atoms with van der Waals surface area (Å²) in [6.07, 6.45) is 0. The van der Waals surface area contributed by atoms with Gasteiger partial charge in [-0.15, -0.1) is 0 Å². The molecule has 0 saturated carbocycles. The second-order valence-corrected chi connectivity index (χ2v) is 7.49. The van der Waals surface area contributed by atoms with Gasteiger partial charge >= 0.3 is 0 Å². The van der Waals surface area contributed by atoms with Crippen molar-refractivity contribution < 1.29 is 0 Å². The van der Waals surface area contributed by atoms with Gasteiger partial charge in [-0.1, -0.05) is 60.7 Å². The number of hydrogen-bond acceptors (Lipinski definition) is 3. The molecule has 2 aromatic carbocycles. The fourth-order valence-electron chi connectivity index (χ4n) is 2.27. The summed E-state index contributed by atoms with van der Waals surface area (Å²) in [5.41, 5.74) is 2.72. The Kier molecular flexibility index (Phi) is 7.15. The average Bonchev–Trinajstić information content (AvgIpc) is 2.55. The summed E-state index contributed by atoms with van der Waals surface area (Å²) in [7, 11) is 0. The highest BCUT2D eigenvalue weighted by atomic mass is 32.2. The second kappa shape index (κ2) is 9.11. The van der Waals surface area contributed by atoms with E-state index in [1.165, 1.54) is 11.1 Å².